The molecule has 0 bridgehead atoms. The fraction of sp³-hybridized carbons (Fsp3) is 1.00. The molecule has 0 aromatic heterocycles. The predicted octanol–water partition coefficient (Wildman–Crippen LogP) is 4.84. The van der Waals surface area contributed by atoms with Gasteiger partial charge in [-0.05, 0) is 12.5 Å². The van der Waals surface area contributed by atoms with Crippen LogP contribution in [-0.2, 0) is 4.74 Å². The molecule has 0 aliphatic heterocycles. The first-order valence-electron chi connectivity index (χ1n) is 4.24. The Kier molecular flexibility index (Phi) is 6.08. The highest BCUT2D eigenvalue weighted by Crippen LogP contribution is 2.47. The van der Waals surface area contributed by atoms with Crippen molar-refractivity contribution in [2.24, 2.45) is 0 Å². The maximum atomic E-state index is 12.5. The van der Waals surface area contributed by atoms with Crippen molar-refractivity contribution in [1.82, 2.24) is 0 Å². The van der Waals surface area contributed by atoms with Gasteiger partial charge in [-0.1, -0.05) is 0 Å². The van der Waals surface area contributed by atoms with Gasteiger partial charge in [0.1, 0.15) is 0 Å². The van der Waals surface area contributed by atoms with Crippen molar-refractivity contribution >= 4 is 39.2 Å². The Bertz CT molecular complexity index is 277. The molecule has 0 fully saturated rings. The topological polar surface area (TPSA) is 9.23 Å². The largest absolute Gasteiger partial charge is 0.462 e. The summed E-state index contributed by atoms with van der Waals surface area (Å²) in [5.74, 6) is -6.28. The van der Waals surface area contributed by atoms with Crippen molar-refractivity contribution in [3.05, 3.63) is 0 Å². The smallest absolute Gasteiger partial charge is 0.315 e. The minimum absolute atomic E-state index is 0.203. The fourth-order valence-corrected chi connectivity index (χ4v) is 2.48. The number of rotatable bonds is 6. The Morgan fingerprint density at radius 1 is 0.889 bits per heavy atom. The lowest BCUT2D eigenvalue weighted by Crippen LogP contribution is -2.53. The summed E-state index contributed by atoms with van der Waals surface area (Å²) in [6.07, 6.45) is -12.5. The lowest BCUT2D eigenvalue weighted by atomic mass is 10.3. The van der Waals surface area contributed by atoms with E-state index in [9.17, 15) is 30.7 Å². The molecule has 1 nitrogen and oxygen atoms in total. The Morgan fingerprint density at radius 2 is 1.33 bits per heavy atom. The molecule has 0 aromatic carbocycles. The van der Waals surface area contributed by atoms with Crippen LogP contribution in [0, 0.1) is 0 Å². The zero-order valence-electron chi connectivity index (χ0n) is 8.31. The second kappa shape index (κ2) is 5.90. The van der Waals surface area contributed by atoms with E-state index in [1.165, 1.54) is 0 Å². The molecule has 0 aliphatic rings. The summed E-state index contributed by atoms with van der Waals surface area (Å²) in [4.78, 5) is 0. The van der Waals surface area contributed by atoms with Gasteiger partial charge in [-0.25, -0.2) is 0 Å². The minimum Gasteiger partial charge on any atom is -0.315 e. The molecule has 0 saturated heterocycles. The number of alkyl halides is 7. The van der Waals surface area contributed by atoms with Crippen molar-refractivity contribution in [1.29, 1.82) is 0 Å². The molecular weight excluding hydrogens is 355 g/mol. The molecule has 0 heterocycles. The first kappa shape index (κ1) is 18.6. The monoisotopic (exact) mass is 360 g/mol. The third-order valence-corrected chi connectivity index (χ3v) is 4.23. The maximum absolute atomic E-state index is 12.5. The zero-order chi connectivity index (χ0) is 14.8. The highest BCUT2D eigenvalue weighted by atomic mass is 35.8. The van der Waals surface area contributed by atoms with Crippen LogP contribution < -0.4 is 0 Å². The third-order valence-electron chi connectivity index (χ3n) is 1.61. The highest BCUT2D eigenvalue weighted by molar-refractivity contribution is 7.64. The van der Waals surface area contributed by atoms with Gasteiger partial charge in [-0.2, -0.15) is 30.7 Å². The fourth-order valence-electron chi connectivity index (χ4n) is 0.729. The van der Waals surface area contributed by atoms with Gasteiger partial charge in [0.2, 0.25) is 0 Å². The van der Waals surface area contributed by atoms with Crippen molar-refractivity contribution in [3.63, 3.8) is 0 Å². The van der Waals surface area contributed by atoms with Gasteiger partial charge in [0.25, 0.3) is 0 Å². The standard InChI is InChI=1S/C6H6Cl3F7OSi/c7-18(8,9)3-1-2-17-6(15,16)4(10,11)5(12,13)14/h1-3H2. The third kappa shape index (κ3) is 5.28. The Labute approximate surface area is 112 Å². The molecule has 0 radical (unpaired) electrons. The van der Waals surface area contributed by atoms with Crippen LogP contribution in [0.4, 0.5) is 30.7 Å². The second-order valence-electron chi connectivity index (χ2n) is 3.16. The van der Waals surface area contributed by atoms with Crippen molar-refractivity contribution in [2.45, 2.75) is 30.7 Å². The lowest BCUT2D eigenvalue weighted by molar-refractivity contribution is -0.423. The highest BCUT2D eigenvalue weighted by Gasteiger charge is 2.74. The van der Waals surface area contributed by atoms with Crippen LogP contribution in [0.25, 0.3) is 0 Å². The van der Waals surface area contributed by atoms with Crippen molar-refractivity contribution in [3.8, 4) is 0 Å². The Morgan fingerprint density at radius 3 is 1.67 bits per heavy atom. The van der Waals surface area contributed by atoms with E-state index in [-0.39, 0.29) is 12.5 Å². The summed E-state index contributed by atoms with van der Waals surface area (Å²) in [6, 6.07) is -3.36. The first-order chi connectivity index (χ1) is 7.71. The van der Waals surface area contributed by atoms with E-state index >= 15 is 0 Å². The van der Waals surface area contributed by atoms with Crippen LogP contribution >= 0.6 is 33.2 Å². The number of hydrogen-bond donors (Lipinski definition) is 0. The van der Waals surface area contributed by atoms with Gasteiger partial charge < -0.3 is 4.74 Å². The molecule has 0 aliphatic carbocycles. The average molecular weight is 362 g/mol. The summed E-state index contributed by atoms with van der Waals surface area (Å²) in [5, 5.41) is 0. The molecule has 12 heteroatoms. The predicted molar refractivity (Wildman–Crippen MR) is 54.6 cm³/mol. The molecule has 110 valence electrons. The van der Waals surface area contributed by atoms with E-state index < -0.39 is 30.8 Å². The molecule has 18 heavy (non-hydrogen) atoms. The number of halogens is 10. The second-order valence-corrected chi connectivity index (χ2v) is 12.4. The van der Waals surface area contributed by atoms with E-state index in [4.69, 9.17) is 33.2 Å². The number of hydrogen-bond acceptors (Lipinski definition) is 1. The van der Waals surface area contributed by atoms with Gasteiger partial charge in [0, 0.05) is 0 Å². The van der Waals surface area contributed by atoms with Gasteiger partial charge in [-0.15, -0.1) is 33.2 Å². The molecule has 0 unspecified atom stereocenters. The molecule has 0 atom stereocenters. The Balaban J connectivity index is 4.41. The van der Waals surface area contributed by atoms with E-state index in [0.717, 1.165) is 0 Å². The van der Waals surface area contributed by atoms with Crippen LogP contribution in [-0.4, -0.2) is 30.8 Å². The summed E-state index contributed by atoms with van der Waals surface area (Å²) in [7, 11) is 0. The normalized spacial score (nSPS) is 15.0. The summed E-state index contributed by atoms with van der Waals surface area (Å²) in [5.41, 5.74) is 0. The van der Waals surface area contributed by atoms with Gasteiger partial charge >= 0.3 is 24.2 Å². The van der Waals surface area contributed by atoms with Gasteiger partial charge in [-0.3, -0.25) is 0 Å². The molecule has 0 N–H and O–H groups in total. The van der Waals surface area contributed by atoms with Crippen LogP contribution in [0.3, 0.4) is 0 Å². The maximum Gasteiger partial charge on any atom is 0.462 e. The quantitative estimate of drug-likeness (QED) is 0.285. The van der Waals surface area contributed by atoms with E-state index in [1.807, 2.05) is 0 Å². The summed E-state index contributed by atoms with van der Waals surface area (Å²) in [6.45, 7) is -1.08. The molecule has 0 amide bonds. The van der Waals surface area contributed by atoms with Crippen LogP contribution in [0.5, 0.6) is 0 Å². The van der Waals surface area contributed by atoms with E-state index in [1.54, 1.807) is 0 Å². The van der Waals surface area contributed by atoms with Crippen molar-refractivity contribution < 1.29 is 35.5 Å². The minimum atomic E-state index is -6.42. The molecule has 0 spiro atoms. The van der Waals surface area contributed by atoms with E-state index in [0.29, 0.717) is 0 Å². The zero-order valence-corrected chi connectivity index (χ0v) is 11.6. The SMILES string of the molecule is FC(F)(F)C(F)(F)C(F)(F)OCCC[Si](Cl)(Cl)Cl. The molecular formula is C6H6Cl3F7OSi. The summed E-state index contributed by atoms with van der Waals surface area (Å²) >= 11 is 16.0. The van der Waals surface area contributed by atoms with Gasteiger partial charge in [0.15, 0.2) is 0 Å². The molecule has 0 aromatic rings. The lowest BCUT2D eigenvalue weighted by Gasteiger charge is -2.27. The number of ether oxygens (including phenoxy) is 1. The Hall–Kier alpha value is 0.557. The first-order valence-corrected chi connectivity index (χ1v) is 9.48. The van der Waals surface area contributed by atoms with Crippen LogP contribution in [0.2, 0.25) is 6.04 Å². The van der Waals surface area contributed by atoms with Crippen molar-refractivity contribution in [2.75, 3.05) is 6.61 Å². The van der Waals surface area contributed by atoms with Gasteiger partial charge in [0.05, 0.1) is 6.61 Å². The molecule has 0 saturated carbocycles. The summed E-state index contributed by atoms with van der Waals surface area (Å²) < 4.78 is 87.9. The van der Waals surface area contributed by atoms with Crippen LogP contribution in [0.1, 0.15) is 6.42 Å². The molecule has 0 rings (SSSR count). The van der Waals surface area contributed by atoms with Crippen LogP contribution in [0.15, 0.2) is 0 Å². The average Bonchev–Trinajstić information content (AvgIpc) is 2.09. The van der Waals surface area contributed by atoms with E-state index in [2.05, 4.69) is 4.74 Å².